The van der Waals surface area contributed by atoms with Crippen molar-refractivity contribution < 1.29 is 56.3 Å². The third-order valence-corrected chi connectivity index (χ3v) is 8.63. The Morgan fingerprint density at radius 1 is 0.596 bits per heavy atom. The normalized spacial score (nSPS) is 13.8. The van der Waals surface area contributed by atoms with Gasteiger partial charge in [-0.2, -0.15) is 0 Å². The van der Waals surface area contributed by atoms with Crippen LogP contribution < -0.4 is 16.0 Å². The zero-order valence-electron chi connectivity index (χ0n) is 35.2. The van der Waals surface area contributed by atoms with Gasteiger partial charge in [-0.3, -0.25) is 28.0 Å². The molecule has 3 N–H and O–H groups in total. The van der Waals surface area contributed by atoms with Gasteiger partial charge in [0.15, 0.2) is 0 Å². The summed E-state index contributed by atoms with van der Waals surface area (Å²) in [6.45, 7) is 17.6. The second-order valence-electron chi connectivity index (χ2n) is 16.9. The number of phosphoric ester groups is 1. The number of amides is 3. The zero-order chi connectivity index (χ0) is 43.0. The molecule has 0 saturated heterocycles. The monoisotopic (exact) mass is 819 g/mol. The number of alkyl carbamates (subject to hydrolysis) is 1. The number of ether oxygens (including phenoxy) is 3. The van der Waals surface area contributed by atoms with Gasteiger partial charge in [0.05, 0.1) is 19.8 Å². The average Bonchev–Trinajstić information content (AvgIpc) is 3.08. The summed E-state index contributed by atoms with van der Waals surface area (Å²) >= 11 is 0. The Labute approximate surface area is 337 Å². The van der Waals surface area contributed by atoms with Gasteiger partial charge in [-0.1, -0.05) is 74.5 Å². The number of esters is 2. The third kappa shape index (κ3) is 21.2. The third-order valence-electron chi connectivity index (χ3n) is 7.28. The van der Waals surface area contributed by atoms with E-state index in [1.54, 1.807) is 123 Å². The fourth-order valence-corrected chi connectivity index (χ4v) is 6.06. The van der Waals surface area contributed by atoms with Crippen molar-refractivity contribution in [1.82, 2.24) is 16.0 Å². The molecule has 0 heterocycles. The number of phosphoric acid groups is 1. The maximum atomic E-state index is 14.2. The maximum Gasteiger partial charge on any atom is 0.475 e. The van der Waals surface area contributed by atoms with Gasteiger partial charge >= 0.3 is 25.9 Å². The molecule has 3 atom stereocenters. The van der Waals surface area contributed by atoms with E-state index in [2.05, 4.69) is 16.0 Å². The molecule has 0 aromatic heterocycles. The van der Waals surface area contributed by atoms with Gasteiger partial charge in [0.2, 0.25) is 11.8 Å². The van der Waals surface area contributed by atoms with Crippen LogP contribution in [-0.4, -0.2) is 71.4 Å². The number of hydrogen-bond donors (Lipinski definition) is 3. The summed E-state index contributed by atoms with van der Waals surface area (Å²) in [5.41, 5.74) is -1.31. The molecule has 0 bridgehead atoms. The zero-order valence-corrected chi connectivity index (χ0v) is 36.1. The molecule has 16 heteroatoms. The number of rotatable bonds is 20. The van der Waals surface area contributed by atoms with E-state index in [-0.39, 0.29) is 38.4 Å². The predicted octanol–water partition coefficient (Wildman–Crippen LogP) is 6.92. The summed E-state index contributed by atoms with van der Waals surface area (Å²) in [5, 5.41) is 7.65. The highest BCUT2D eigenvalue weighted by molar-refractivity contribution is 7.48. The van der Waals surface area contributed by atoms with E-state index in [1.807, 2.05) is 13.8 Å². The largest absolute Gasteiger partial charge is 0.475 e. The number of carbonyl (C=O) groups excluding carboxylic acids is 5. The lowest BCUT2D eigenvalue weighted by Gasteiger charge is -2.28. The molecule has 2 aromatic carbocycles. The van der Waals surface area contributed by atoms with E-state index in [4.69, 9.17) is 27.8 Å². The molecule has 318 valence electrons. The van der Waals surface area contributed by atoms with Crippen molar-refractivity contribution in [3.63, 3.8) is 0 Å². The van der Waals surface area contributed by atoms with Crippen LogP contribution in [-0.2, 0) is 64.7 Å². The molecule has 0 aliphatic carbocycles. The van der Waals surface area contributed by atoms with Crippen LogP contribution in [0.1, 0.15) is 107 Å². The van der Waals surface area contributed by atoms with Crippen LogP contribution in [0.5, 0.6) is 0 Å². The van der Waals surface area contributed by atoms with Crippen molar-refractivity contribution in [3.05, 3.63) is 71.8 Å². The molecule has 0 saturated carbocycles. The van der Waals surface area contributed by atoms with Crippen LogP contribution in [0.25, 0.3) is 0 Å². The topological polar surface area (TPSA) is 194 Å². The van der Waals surface area contributed by atoms with Gasteiger partial charge in [-0.25, -0.2) is 14.2 Å². The lowest BCUT2D eigenvalue weighted by atomic mass is 10.0. The molecule has 0 fully saturated rings. The summed E-state index contributed by atoms with van der Waals surface area (Å²) in [7, 11) is -4.48. The molecule has 0 unspecified atom stereocenters. The Bertz CT molecular complexity index is 1600. The van der Waals surface area contributed by atoms with Crippen molar-refractivity contribution in [2.24, 2.45) is 5.92 Å². The summed E-state index contributed by atoms with van der Waals surface area (Å²) in [6.07, 6.45) is -1.32. The highest BCUT2D eigenvalue weighted by atomic mass is 31.2. The smallest absolute Gasteiger partial charge is 0.460 e. The number of hydrogen-bond acceptors (Lipinski definition) is 12. The first-order valence-corrected chi connectivity index (χ1v) is 20.5. The van der Waals surface area contributed by atoms with Crippen molar-refractivity contribution in [1.29, 1.82) is 0 Å². The van der Waals surface area contributed by atoms with Gasteiger partial charge in [0, 0.05) is 6.42 Å². The summed E-state index contributed by atoms with van der Waals surface area (Å²) in [4.78, 5) is 66.9. The van der Waals surface area contributed by atoms with Crippen molar-refractivity contribution in [3.8, 4) is 0 Å². The van der Waals surface area contributed by atoms with E-state index in [0.717, 1.165) is 0 Å². The summed E-state index contributed by atoms with van der Waals surface area (Å²) in [6, 6.07) is 13.5. The molecular formula is C41H62N3O12P. The van der Waals surface area contributed by atoms with E-state index in [1.165, 1.54) is 0 Å². The highest BCUT2D eigenvalue weighted by Crippen LogP contribution is 2.51. The molecule has 2 rings (SSSR count). The molecule has 0 aliphatic heterocycles. The Kier molecular flexibility index (Phi) is 18.9. The van der Waals surface area contributed by atoms with Crippen LogP contribution in [0.2, 0.25) is 0 Å². The molecule has 15 nitrogen and oxygen atoms in total. The van der Waals surface area contributed by atoms with Crippen molar-refractivity contribution in [2.45, 2.75) is 144 Å². The Morgan fingerprint density at radius 2 is 1.05 bits per heavy atom. The van der Waals surface area contributed by atoms with E-state index >= 15 is 0 Å². The molecule has 0 spiro atoms. The van der Waals surface area contributed by atoms with Gasteiger partial charge in [0.1, 0.15) is 34.9 Å². The van der Waals surface area contributed by atoms with Crippen molar-refractivity contribution >= 4 is 37.7 Å². The minimum atomic E-state index is -4.48. The fourth-order valence-electron chi connectivity index (χ4n) is 4.89. The van der Waals surface area contributed by atoms with E-state index in [0.29, 0.717) is 11.1 Å². The van der Waals surface area contributed by atoms with Gasteiger partial charge in [-0.15, -0.1) is 0 Å². The first-order chi connectivity index (χ1) is 26.3. The molecule has 0 radical (unpaired) electrons. The number of benzene rings is 2. The van der Waals surface area contributed by atoms with Crippen LogP contribution in [0.3, 0.4) is 0 Å². The van der Waals surface area contributed by atoms with E-state index < -0.39 is 79.2 Å². The average molecular weight is 820 g/mol. The SMILES string of the molecule is CC(C)C[C@H](NC(=O)[C@H](COP(=O)(OCc1ccccc1)OCc1ccccc1)NC(=O)[C@H](CCC(=O)OC(C)(C)C)NC(=O)OC(C)(C)C)C(=O)OC(C)(C)C. The van der Waals surface area contributed by atoms with Gasteiger partial charge in [-0.05, 0) is 92.2 Å². The number of carbonyl (C=O) groups is 5. The minimum absolute atomic E-state index is 0.0691. The van der Waals surface area contributed by atoms with Crippen LogP contribution in [0.15, 0.2) is 60.7 Å². The quantitative estimate of drug-likeness (QED) is 0.0711. The minimum Gasteiger partial charge on any atom is -0.460 e. The number of nitrogens with one attached hydrogen (secondary N) is 3. The van der Waals surface area contributed by atoms with Crippen LogP contribution >= 0.6 is 7.82 Å². The first-order valence-electron chi connectivity index (χ1n) is 19.0. The first kappa shape index (κ1) is 48.8. The lowest BCUT2D eigenvalue weighted by Crippen LogP contribution is -2.58. The second-order valence-corrected chi connectivity index (χ2v) is 18.5. The standard InChI is InChI=1S/C41H62N3O12P/c1-28(2)24-32(37(48)55-40(6,7)8)42-36(47)33(43-35(46)31(44-38(49)56-41(9,10)11)22-23-34(45)54-39(3,4)5)27-53-57(50,51-25-29-18-14-12-15-19-29)52-26-30-20-16-13-17-21-30/h12-21,28,31-33H,22-27H2,1-11H3,(H,42,47)(H,43,46)(H,44,49)/t31-,32-,33-/m0/s1. The molecule has 0 aliphatic rings. The van der Waals surface area contributed by atoms with Crippen LogP contribution in [0, 0.1) is 5.92 Å². The molecule has 57 heavy (non-hydrogen) atoms. The van der Waals surface area contributed by atoms with Gasteiger partial charge in [0.25, 0.3) is 0 Å². The summed E-state index contributed by atoms with van der Waals surface area (Å²) < 4.78 is 47.7. The fraction of sp³-hybridized carbons (Fsp3) is 0.585. The van der Waals surface area contributed by atoms with Crippen molar-refractivity contribution in [2.75, 3.05) is 6.61 Å². The summed E-state index contributed by atoms with van der Waals surface area (Å²) in [5.74, 6) is -3.23. The van der Waals surface area contributed by atoms with Crippen LogP contribution in [0.4, 0.5) is 4.79 Å². The Morgan fingerprint density at radius 3 is 1.51 bits per heavy atom. The predicted molar refractivity (Wildman–Crippen MR) is 213 cm³/mol. The Hall–Kier alpha value is -4.30. The lowest BCUT2D eigenvalue weighted by molar-refractivity contribution is -0.159. The molecule has 3 amide bonds. The van der Waals surface area contributed by atoms with E-state index in [9.17, 15) is 28.5 Å². The molecule has 2 aromatic rings. The van der Waals surface area contributed by atoms with Gasteiger partial charge < -0.3 is 30.2 Å². The highest BCUT2D eigenvalue weighted by Gasteiger charge is 2.36. The molecular weight excluding hydrogens is 757 g/mol. The maximum absolute atomic E-state index is 14.2. The Balaban J connectivity index is 2.49. The second kappa shape index (κ2) is 22.0.